The average Bonchev–Trinajstić information content (AvgIpc) is 3.31. The Kier molecular flexibility index (Phi) is 7.38. The third-order valence-electron chi connectivity index (χ3n) is 5.05. The minimum atomic E-state index is 0.573. The molecule has 2 saturated heterocycles. The molecule has 0 bridgehead atoms. The first kappa shape index (κ1) is 19.2. The van der Waals surface area contributed by atoms with Crippen molar-refractivity contribution in [2.24, 2.45) is 16.8 Å². The summed E-state index contributed by atoms with van der Waals surface area (Å²) in [6, 6.07) is 3.97. The van der Waals surface area contributed by atoms with Crippen LogP contribution in [0, 0.1) is 11.8 Å². The maximum Gasteiger partial charge on any atom is 0.193 e. The van der Waals surface area contributed by atoms with Crippen molar-refractivity contribution in [3.8, 4) is 0 Å². The highest BCUT2D eigenvalue weighted by Crippen LogP contribution is 2.18. The van der Waals surface area contributed by atoms with Gasteiger partial charge in [0.05, 0.1) is 19.5 Å². The number of rotatable bonds is 7. The molecule has 0 spiro atoms. The van der Waals surface area contributed by atoms with E-state index in [-0.39, 0.29) is 0 Å². The second kappa shape index (κ2) is 9.97. The molecule has 0 saturated carbocycles. The van der Waals surface area contributed by atoms with Crippen molar-refractivity contribution < 1.29 is 9.15 Å². The number of nitrogens with one attached hydrogen (secondary N) is 1. The molecule has 0 amide bonds. The normalized spacial score (nSPS) is 22.3. The predicted octanol–water partition coefficient (Wildman–Crippen LogP) is 2.08. The number of furan rings is 1. The maximum atomic E-state index is 5.46. The van der Waals surface area contributed by atoms with Crippen LogP contribution >= 0.6 is 0 Å². The van der Waals surface area contributed by atoms with Gasteiger partial charge < -0.3 is 19.4 Å². The molecule has 1 aromatic heterocycles. The quantitative estimate of drug-likeness (QED) is 0.594. The SMILES string of the molecule is CC(C)CN=C(NCCc1ccco1)N1CCC(CN2CCOCC2)C1. The minimum absolute atomic E-state index is 0.573. The van der Waals surface area contributed by atoms with E-state index in [2.05, 4.69) is 29.0 Å². The van der Waals surface area contributed by atoms with Crippen LogP contribution in [0.2, 0.25) is 0 Å². The van der Waals surface area contributed by atoms with E-state index in [0.29, 0.717) is 5.92 Å². The highest BCUT2D eigenvalue weighted by molar-refractivity contribution is 5.80. The zero-order valence-corrected chi connectivity index (χ0v) is 16.3. The van der Waals surface area contributed by atoms with Crippen molar-refractivity contribution in [1.82, 2.24) is 15.1 Å². The van der Waals surface area contributed by atoms with E-state index in [1.165, 1.54) is 13.0 Å². The molecule has 1 N–H and O–H groups in total. The van der Waals surface area contributed by atoms with Gasteiger partial charge in [0.2, 0.25) is 0 Å². The zero-order valence-electron chi connectivity index (χ0n) is 16.3. The summed E-state index contributed by atoms with van der Waals surface area (Å²) in [7, 11) is 0. The molecule has 0 aliphatic carbocycles. The third-order valence-corrected chi connectivity index (χ3v) is 5.05. The van der Waals surface area contributed by atoms with Gasteiger partial charge in [-0.1, -0.05) is 13.8 Å². The number of morpholine rings is 1. The van der Waals surface area contributed by atoms with Gasteiger partial charge in [-0.05, 0) is 30.4 Å². The highest BCUT2D eigenvalue weighted by Gasteiger charge is 2.27. The maximum absolute atomic E-state index is 5.46. The summed E-state index contributed by atoms with van der Waals surface area (Å²) in [5.41, 5.74) is 0. The second-order valence-electron chi connectivity index (χ2n) is 7.83. The van der Waals surface area contributed by atoms with Gasteiger partial charge in [0.1, 0.15) is 5.76 Å². The molecule has 2 fully saturated rings. The Balaban J connectivity index is 1.49. The molecule has 1 unspecified atom stereocenters. The summed E-state index contributed by atoms with van der Waals surface area (Å²) in [5, 5.41) is 3.56. The van der Waals surface area contributed by atoms with Crippen LogP contribution in [0.25, 0.3) is 0 Å². The molecule has 6 heteroatoms. The van der Waals surface area contributed by atoms with Crippen LogP contribution < -0.4 is 5.32 Å². The molecule has 26 heavy (non-hydrogen) atoms. The van der Waals surface area contributed by atoms with Gasteiger partial charge in [0.15, 0.2) is 5.96 Å². The molecule has 2 aliphatic heterocycles. The topological polar surface area (TPSA) is 53.2 Å². The number of likely N-dealkylation sites (tertiary alicyclic amines) is 1. The summed E-state index contributed by atoms with van der Waals surface area (Å²) in [6.45, 7) is 13.5. The van der Waals surface area contributed by atoms with Gasteiger partial charge in [-0.25, -0.2) is 0 Å². The third kappa shape index (κ3) is 6.02. The molecule has 1 aromatic rings. The van der Waals surface area contributed by atoms with Crippen LogP contribution in [0.5, 0.6) is 0 Å². The minimum Gasteiger partial charge on any atom is -0.469 e. The largest absolute Gasteiger partial charge is 0.469 e. The highest BCUT2D eigenvalue weighted by atomic mass is 16.5. The van der Waals surface area contributed by atoms with E-state index >= 15 is 0 Å². The summed E-state index contributed by atoms with van der Waals surface area (Å²) in [5.74, 6) is 3.38. The Bertz CT molecular complexity index is 538. The standard InChI is InChI=1S/C20H34N4O2/c1-17(2)14-22-20(21-7-5-19-4-3-11-26-19)24-8-6-18(16-24)15-23-9-12-25-13-10-23/h3-4,11,17-18H,5-10,12-16H2,1-2H3,(H,21,22). The van der Waals surface area contributed by atoms with E-state index in [1.54, 1.807) is 6.26 Å². The van der Waals surface area contributed by atoms with Crippen molar-refractivity contribution in [2.45, 2.75) is 26.7 Å². The fourth-order valence-corrected chi connectivity index (χ4v) is 3.61. The molecule has 0 aromatic carbocycles. The fraction of sp³-hybridized carbons (Fsp3) is 0.750. The summed E-state index contributed by atoms with van der Waals surface area (Å²) in [6.07, 6.45) is 3.87. The van der Waals surface area contributed by atoms with E-state index in [1.807, 2.05) is 12.1 Å². The van der Waals surface area contributed by atoms with Crippen LogP contribution in [0.15, 0.2) is 27.8 Å². The number of hydrogen-bond donors (Lipinski definition) is 1. The van der Waals surface area contributed by atoms with Crippen molar-refractivity contribution >= 4 is 5.96 Å². The van der Waals surface area contributed by atoms with E-state index in [4.69, 9.17) is 14.1 Å². The van der Waals surface area contributed by atoms with Crippen molar-refractivity contribution in [2.75, 3.05) is 59.0 Å². The molecule has 2 aliphatic rings. The van der Waals surface area contributed by atoms with E-state index in [9.17, 15) is 0 Å². The van der Waals surface area contributed by atoms with Crippen LogP contribution in [-0.2, 0) is 11.2 Å². The number of aliphatic imine (C=N–C) groups is 1. The molecule has 3 rings (SSSR count). The number of nitrogens with zero attached hydrogens (tertiary/aromatic N) is 3. The summed E-state index contributed by atoms with van der Waals surface area (Å²) >= 11 is 0. The van der Waals surface area contributed by atoms with Gasteiger partial charge in [0, 0.05) is 52.2 Å². The van der Waals surface area contributed by atoms with Gasteiger partial charge in [-0.3, -0.25) is 9.89 Å². The monoisotopic (exact) mass is 362 g/mol. The lowest BCUT2D eigenvalue weighted by Crippen LogP contribution is -2.43. The lowest BCUT2D eigenvalue weighted by Gasteiger charge is -2.29. The number of hydrogen-bond acceptors (Lipinski definition) is 4. The van der Waals surface area contributed by atoms with Crippen molar-refractivity contribution in [3.63, 3.8) is 0 Å². The first-order chi connectivity index (χ1) is 12.7. The molecule has 1 atom stereocenters. The van der Waals surface area contributed by atoms with Crippen LogP contribution in [0.3, 0.4) is 0 Å². The van der Waals surface area contributed by atoms with Gasteiger partial charge >= 0.3 is 0 Å². The Morgan fingerprint density at radius 2 is 2.15 bits per heavy atom. The average molecular weight is 363 g/mol. The predicted molar refractivity (Wildman–Crippen MR) is 104 cm³/mol. The van der Waals surface area contributed by atoms with Crippen LogP contribution in [0.1, 0.15) is 26.0 Å². The van der Waals surface area contributed by atoms with Gasteiger partial charge in [-0.2, -0.15) is 0 Å². The summed E-state index contributed by atoms with van der Waals surface area (Å²) in [4.78, 5) is 9.86. The number of guanidine groups is 1. The lowest BCUT2D eigenvalue weighted by atomic mass is 10.1. The van der Waals surface area contributed by atoms with Crippen LogP contribution in [0.4, 0.5) is 0 Å². The number of ether oxygens (including phenoxy) is 1. The molecule has 146 valence electrons. The Morgan fingerprint density at radius 1 is 1.31 bits per heavy atom. The smallest absolute Gasteiger partial charge is 0.193 e. The van der Waals surface area contributed by atoms with Crippen molar-refractivity contribution in [1.29, 1.82) is 0 Å². The van der Waals surface area contributed by atoms with E-state index in [0.717, 1.165) is 76.5 Å². The van der Waals surface area contributed by atoms with E-state index < -0.39 is 0 Å². The molecular weight excluding hydrogens is 328 g/mol. The second-order valence-corrected chi connectivity index (χ2v) is 7.83. The first-order valence-electron chi connectivity index (χ1n) is 10.1. The van der Waals surface area contributed by atoms with Gasteiger partial charge in [-0.15, -0.1) is 0 Å². The Morgan fingerprint density at radius 3 is 2.88 bits per heavy atom. The Hall–Kier alpha value is -1.53. The van der Waals surface area contributed by atoms with Gasteiger partial charge in [0.25, 0.3) is 0 Å². The molecular formula is C20H34N4O2. The lowest BCUT2D eigenvalue weighted by molar-refractivity contribution is 0.0315. The molecule has 0 radical (unpaired) electrons. The Labute approximate surface area is 157 Å². The fourth-order valence-electron chi connectivity index (χ4n) is 3.61. The molecule has 6 nitrogen and oxygen atoms in total. The zero-order chi connectivity index (χ0) is 18.2. The van der Waals surface area contributed by atoms with Crippen LogP contribution in [-0.4, -0.2) is 74.8 Å². The molecule has 3 heterocycles. The summed E-state index contributed by atoms with van der Waals surface area (Å²) < 4.78 is 10.9. The van der Waals surface area contributed by atoms with Crippen molar-refractivity contribution in [3.05, 3.63) is 24.2 Å². The first-order valence-corrected chi connectivity index (χ1v) is 10.1.